The SMILES string of the molecule is CC1(C(=O)NCCN2CC3(CCC(C(=O)Nc4cc(F)cc(C(F)F)c4)CC3)C2)CC1. The van der Waals surface area contributed by atoms with Gasteiger partial charge in [0.1, 0.15) is 5.82 Å². The molecule has 0 radical (unpaired) electrons. The third kappa shape index (κ3) is 5.05. The van der Waals surface area contributed by atoms with Crippen molar-refractivity contribution in [1.29, 1.82) is 0 Å². The Labute approximate surface area is 180 Å². The Balaban J connectivity index is 1.19. The zero-order valence-electron chi connectivity index (χ0n) is 17.9. The Hall–Kier alpha value is -2.09. The molecule has 4 rings (SSSR count). The molecule has 0 bridgehead atoms. The van der Waals surface area contributed by atoms with Gasteiger partial charge in [0, 0.05) is 48.8 Å². The number of amides is 2. The third-order valence-electron chi connectivity index (χ3n) is 7.24. The van der Waals surface area contributed by atoms with E-state index in [0.29, 0.717) is 6.54 Å². The van der Waals surface area contributed by atoms with Gasteiger partial charge in [-0.2, -0.15) is 0 Å². The minimum Gasteiger partial charge on any atom is -0.354 e. The van der Waals surface area contributed by atoms with Crippen molar-refractivity contribution in [3.63, 3.8) is 0 Å². The van der Waals surface area contributed by atoms with E-state index in [0.717, 1.165) is 76.4 Å². The maximum absolute atomic E-state index is 13.6. The van der Waals surface area contributed by atoms with Crippen molar-refractivity contribution in [2.45, 2.75) is 51.9 Å². The third-order valence-corrected chi connectivity index (χ3v) is 7.24. The molecule has 0 atom stereocenters. The number of hydrogen-bond acceptors (Lipinski definition) is 3. The molecule has 170 valence electrons. The molecular weight excluding hydrogens is 407 g/mol. The van der Waals surface area contributed by atoms with Crippen LogP contribution in [0.3, 0.4) is 0 Å². The number of carbonyl (C=O) groups excluding carboxylic acids is 2. The highest BCUT2D eigenvalue weighted by atomic mass is 19.3. The molecule has 1 aliphatic heterocycles. The van der Waals surface area contributed by atoms with Crippen LogP contribution in [-0.2, 0) is 9.59 Å². The molecule has 1 saturated heterocycles. The maximum Gasteiger partial charge on any atom is 0.264 e. The number of hydrogen-bond donors (Lipinski definition) is 2. The summed E-state index contributed by atoms with van der Waals surface area (Å²) in [5, 5.41) is 5.64. The van der Waals surface area contributed by atoms with Crippen LogP contribution in [0, 0.1) is 22.6 Å². The molecule has 0 unspecified atom stereocenters. The standard InChI is InChI=1S/C23H30F3N3O2/c1-22(6-7-22)21(31)27-8-9-29-13-23(14-29)4-2-15(3-5-23)20(30)28-18-11-16(19(25)26)10-17(24)12-18/h10-12,15,19H,2-9,13-14H2,1H3,(H,27,31)(H,28,30). The summed E-state index contributed by atoms with van der Waals surface area (Å²) in [6.07, 6.45) is 2.54. The fourth-order valence-corrected chi connectivity index (χ4v) is 4.88. The van der Waals surface area contributed by atoms with Crippen molar-refractivity contribution in [2.75, 3.05) is 31.5 Å². The maximum atomic E-state index is 13.6. The van der Waals surface area contributed by atoms with Gasteiger partial charge in [0.25, 0.3) is 6.43 Å². The van der Waals surface area contributed by atoms with Gasteiger partial charge in [-0.05, 0) is 62.1 Å². The number of halogens is 3. The average Bonchev–Trinajstić information content (AvgIpc) is 3.45. The molecule has 31 heavy (non-hydrogen) atoms. The van der Waals surface area contributed by atoms with Crippen molar-refractivity contribution in [3.05, 3.63) is 29.6 Å². The van der Waals surface area contributed by atoms with Gasteiger partial charge < -0.3 is 15.5 Å². The van der Waals surface area contributed by atoms with Crippen LogP contribution in [0.1, 0.15) is 57.4 Å². The largest absolute Gasteiger partial charge is 0.354 e. The molecule has 2 N–H and O–H groups in total. The molecule has 2 amide bonds. The first-order chi connectivity index (χ1) is 14.7. The zero-order valence-corrected chi connectivity index (χ0v) is 17.9. The summed E-state index contributed by atoms with van der Waals surface area (Å²) >= 11 is 0. The van der Waals surface area contributed by atoms with Gasteiger partial charge in [-0.3, -0.25) is 9.59 Å². The monoisotopic (exact) mass is 437 g/mol. The molecule has 1 spiro atoms. The quantitative estimate of drug-likeness (QED) is 0.675. The van der Waals surface area contributed by atoms with Crippen LogP contribution >= 0.6 is 0 Å². The van der Waals surface area contributed by atoms with Gasteiger partial charge >= 0.3 is 0 Å². The van der Waals surface area contributed by atoms with Crippen LogP contribution < -0.4 is 10.6 Å². The van der Waals surface area contributed by atoms with Gasteiger partial charge in [0.05, 0.1) is 0 Å². The van der Waals surface area contributed by atoms with Crippen LogP contribution in [0.4, 0.5) is 18.9 Å². The minimum atomic E-state index is -2.78. The molecule has 2 aliphatic carbocycles. The van der Waals surface area contributed by atoms with E-state index < -0.39 is 17.8 Å². The Morgan fingerprint density at radius 1 is 1.13 bits per heavy atom. The molecule has 3 fully saturated rings. The number of anilines is 1. The smallest absolute Gasteiger partial charge is 0.264 e. The number of nitrogens with zero attached hydrogens (tertiary/aromatic N) is 1. The second-order valence-electron chi connectivity index (χ2n) is 9.86. The lowest BCUT2D eigenvalue weighted by atomic mass is 9.65. The van der Waals surface area contributed by atoms with E-state index in [4.69, 9.17) is 0 Å². The first-order valence-electron chi connectivity index (χ1n) is 11.1. The second kappa shape index (κ2) is 8.45. The normalized spacial score (nSPS) is 22.2. The van der Waals surface area contributed by atoms with Crippen LogP contribution in [0.25, 0.3) is 0 Å². The minimum absolute atomic E-state index is 0.0810. The fourth-order valence-electron chi connectivity index (χ4n) is 4.88. The van der Waals surface area contributed by atoms with E-state index in [1.807, 2.05) is 6.92 Å². The van der Waals surface area contributed by atoms with E-state index in [1.165, 1.54) is 0 Å². The summed E-state index contributed by atoms with van der Waals surface area (Å²) in [4.78, 5) is 26.9. The first kappa shape index (κ1) is 22.1. The van der Waals surface area contributed by atoms with Crippen molar-refractivity contribution < 1.29 is 22.8 Å². The molecule has 0 aromatic heterocycles. The predicted molar refractivity (Wildman–Crippen MR) is 111 cm³/mol. The van der Waals surface area contributed by atoms with Gasteiger partial charge in [-0.1, -0.05) is 6.92 Å². The average molecular weight is 438 g/mol. The van der Waals surface area contributed by atoms with E-state index in [-0.39, 0.29) is 34.2 Å². The van der Waals surface area contributed by atoms with Crippen molar-refractivity contribution in [2.24, 2.45) is 16.7 Å². The van der Waals surface area contributed by atoms with Crippen molar-refractivity contribution in [3.8, 4) is 0 Å². The van der Waals surface area contributed by atoms with Gasteiger partial charge in [0.15, 0.2) is 0 Å². The van der Waals surface area contributed by atoms with E-state index in [1.54, 1.807) is 0 Å². The summed E-state index contributed by atoms with van der Waals surface area (Å²) in [5.74, 6) is -1.04. The molecule has 8 heteroatoms. The Bertz CT molecular complexity index is 840. The Morgan fingerprint density at radius 2 is 1.81 bits per heavy atom. The van der Waals surface area contributed by atoms with Crippen LogP contribution in [0.5, 0.6) is 0 Å². The molecule has 1 aromatic carbocycles. The second-order valence-corrected chi connectivity index (χ2v) is 9.86. The highest BCUT2D eigenvalue weighted by Crippen LogP contribution is 2.46. The molecule has 1 aromatic rings. The van der Waals surface area contributed by atoms with E-state index in [2.05, 4.69) is 15.5 Å². The summed E-state index contributed by atoms with van der Waals surface area (Å²) in [6.45, 7) is 5.48. The molecular formula is C23H30F3N3O2. The molecule has 5 nitrogen and oxygen atoms in total. The number of carbonyl (C=O) groups is 2. The lowest BCUT2D eigenvalue weighted by molar-refractivity contribution is -0.126. The van der Waals surface area contributed by atoms with Crippen molar-refractivity contribution in [1.82, 2.24) is 10.2 Å². The van der Waals surface area contributed by atoms with Crippen molar-refractivity contribution >= 4 is 17.5 Å². The summed E-state index contributed by atoms with van der Waals surface area (Å²) in [5.41, 5.74) is -0.250. The summed E-state index contributed by atoms with van der Waals surface area (Å²) in [7, 11) is 0. The predicted octanol–water partition coefficient (Wildman–Crippen LogP) is 4.11. The van der Waals surface area contributed by atoms with Crippen LogP contribution in [-0.4, -0.2) is 42.9 Å². The lowest BCUT2D eigenvalue weighted by Crippen LogP contribution is -2.59. The number of likely N-dealkylation sites (tertiary alicyclic amines) is 1. The summed E-state index contributed by atoms with van der Waals surface area (Å²) in [6, 6.07) is 2.98. The van der Waals surface area contributed by atoms with Gasteiger partial charge in [-0.25, -0.2) is 13.2 Å². The zero-order chi connectivity index (χ0) is 22.2. The fraction of sp³-hybridized carbons (Fsp3) is 0.652. The topological polar surface area (TPSA) is 61.4 Å². The lowest BCUT2D eigenvalue weighted by Gasteiger charge is -2.53. The number of alkyl halides is 2. The Kier molecular flexibility index (Phi) is 6.03. The number of nitrogens with one attached hydrogen (secondary N) is 2. The van der Waals surface area contributed by atoms with Gasteiger partial charge in [-0.15, -0.1) is 0 Å². The highest BCUT2D eigenvalue weighted by Gasteiger charge is 2.46. The molecule has 2 saturated carbocycles. The Morgan fingerprint density at radius 3 is 2.42 bits per heavy atom. The highest BCUT2D eigenvalue weighted by molar-refractivity contribution is 5.92. The molecule has 1 heterocycles. The number of benzene rings is 1. The first-order valence-corrected chi connectivity index (χ1v) is 11.1. The van der Waals surface area contributed by atoms with Gasteiger partial charge in [0.2, 0.25) is 11.8 Å². The number of rotatable bonds is 7. The summed E-state index contributed by atoms with van der Waals surface area (Å²) < 4.78 is 39.3. The van der Waals surface area contributed by atoms with E-state index in [9.17, 15) is 22.8 Å². The molecule has 3 aliphatic rings. The van der Waals surface area contributed by atoms with Crippen LogP contribution in [0.2, 0.25) is 0 Å². The van der Waals surface area contributed by atoms with Crippen LogP contribution in [0.15, 0.2) is 18.2 Å². The van der Waals surface area contributed by atoms with E-state index >= 15 is 0 Å².